The van der Waals surface area contributed by atoms with Crippen LogP contribution >= 0.6 is 0 Å². The van der Waals surface area contributed by atoms with E-state index in [1.54, 1.807) is 0 Å². The number of hydrogen-bond donors (Lipinski definition) is 2. The SMILES string of the molecule is CC1(C)O[C@@H]2[C@@H](O)[C@H]3NC(=O)O[C@H]3C[C@@H]2O1. The van der Waals surface area contributed by atoms with Crippen LogP contribution in [0, 0.1) is 0 Å². The Balaban J connectivity index is 1.82. The molecule has 0 aromatic carbocycles. The fraction of sp³-hybridized carbons (Fsp3) is 0.900. The van der Waals surface area contributed by atoms with E-state index in [1.807, 2.05) is 13.8 Å². The van der Waals surface area contributed by atoms with Gasteiger partial charge < -0.3 is 24.6 Å². The highest BCUT2D eigenvalue weighted by atomic mass is 16.8. The van der Waals surface area contributed by atoms with E-state index in [9.17, 15) is 9.90 Å². The van der Waals surface area contributed by atoms with Crippen molar-refractivity contribution in [3.05, 3.63) is 0 Å². The molecule has 3 fully saturated rings. The lowest BCUT2D eigenvalue weighted by Gasteiger charge is -2.34. The topological polar surface area (TPSA) is 77.0 Å². The average molecular weight is 229 g/mol. The van der Waals surface area contributed by atoms with Crippen molar-refractivity contribution >= 4 is 6.09 Å². The Bertz CT molecular complexity index is 331. The molecule has 3 aliphatic rings. The summed E-state index contributed by atoms with van der Waals surface area (Å²) in [7, 11) is 0. The lowest BCUT2D eigenvalue weighted by Crippen LogP contribution is -2.56. The first-order valence-corrected chi connectivity index (χ1v) is 5.47. The first kappa shape index (κ1) is 10.3. The Morgan fingerprint density at radius 2 is 2.12 bits per heavy atom. The van der Waals surface area contributed by atoms with Crippen molar-refractivity contribution in [2.24, 2.45) is 0 Å². The molecular weight excluding hydrogens is 214 g/mol. The third-order valence-corrected chi connectivity index (χ3v) is 3.33. The van der Waals surface area contributed by atoms with Crippen LogP contribution in [0.25, 0.3) is 0 Å². The summed E-state index contributed by atoms with van der Waals surface area (Å²) in [5.41, 5.74) is 0. The van der Waals surface area contributed by atoms with Gasteiger partial charge in [0.1, 0.15) is 18.3 Å². The van der Waals surface area contributed by atoms with Crippen LogP contribution in [-0.4, -0.2) is 47.4 Å². The van der Waals surface area contributed by atoms with Crippen LogP contribution < -0.4 is 5.32 Å². The van der Waals surface area contributed by atoms with Crippen molar-refractivity contribution < 1.29 is 24.1 Å². The molecule has 0 aromatic heterocycles. The molecule has 2 heterocycles. The van der Waals surface area contributed by atoms with Crippen molar-refractivity contribution in [3.63, 3.8) is 0 Å². The number of amides is 1. The van der Waals surface area contributed by atoms with Gasteiger partial charge in [-0.05, 0) is 13.8 Å². The predicted molar refractivity (Wildman–Crippen MR) is 51.6 cm³/mol. The summed E-state index contributed by atoms with van der Waals surface area (Å²) < 4.78 is 16.4. The zero-order valence-electron chi connectivity index (χ0n) is 9.17. The first-order chi connectivity index (χ1) is 7.46. The monoisotopic (exact) mass is 229 g/mol. The number of ether oxygens (including phenoxy) is 3. The zero-order chi connectivity index (χ0) is 11.5. The minimum absolute atomic E-state index is 0.209. The second-order valence-electron chi connectivity index (χ2n) is 4.98. The van der Waals surface area contributed by atoms with Crippen molar-refractivity contribution in [1.29, 1.82) is 0 Å². The van der Waals surface area contributed by atoms with Crippen LogP contribution in [0.15, 0.2) is 0 Å². The number of aliphatic hydroxyl groups is 1. The van der Waals surface area contributed by atoms with E-state index in [4.69, 9.17) is 14.2 Å². The maximum absolute atomic E-state index is 11.1. The lowest BCUT2D eigenvalue weighted by molar-refractivity contribution is -0.154. The van der Waals surface area contributed by atoms with E-state index in [0.717, 1.165) is 0 Å². The van der Waals surface area contributed by atoms with E-state index in [2.05, 4.69) is 5.32 Å². The van der Waals surface area contributed by atoms with Gasteiger partial charge in [0.05, 0.1) is 12.1 Å². The first-order valence-electron chi connectivity index (χ1n) is 5.47. The van der Waals surface area contributed by atoms with Crippen LogP contribution in [-0.2, 0) is 14.2 Å². The summed E-state index contributed by atoms with van der Waals surface area (Å²) in [6.45, 7) is 3.63. The molecule has 6 heteroatoms. The van der Waals surface area contributed by atoms with Gasteiger partial charge in [-0.3, -0.25) is 0 Å². The second-order valence-corrected chi connectivity index (χ2v) is 4.98. The number of nitrogens with one attached hydrogen (secondary N) is 1. The van der Waals surface area contributed by atoms with Crippen LogP contribution in [0.4, 0.5) is 4.79 Å². The molecular formula is C10H15NO5. The van der Waals surface area contributed by atoms with Crippen LogP contribution in [0.2, 0.25) is 0 Å². The van der Waals surface area contributed by atoms with Crippen molar-refractivity contribution in [1.82, 2.24) is 5.32 Å². The molecule has 0 unspecified atom stereocenters. The van der Waals surface area contributed by atoms with E-state index >= 15 is 0 Å². The van der Waals surface area contributed by atoms with Gasteiger partial charge in [-0.25, -0.2) is 4.79 Å². The van der Waals surface area contributed by atoms with E-state index in [0.29, 0.717) is 6.42 Å². The van der Waals surface area contributed by atoms with Gasteiger partial charge in [0.25, 0.3) is 0 Å². The Morgan fingerprint density at radius 3 is 2.88 bits per heavy atom. The Morgan fingerprint density at radius 1 is 1.38 bits per heavy atom. The molecule has 6 nitrogen and oxygen atoms in total. The maximum Gasteiger partial charge on any atom is 0.407 e. The van der Waals surface area contributed by atoms with E-state index in [1.165, 1.54) is 0 Å². The van der Waals surface area contributed by atoms with Gasteiger partial charge >= 0.3 is 6.09 Å². The maximum atomic E-state index is 11.1. The molecule has 16 heavy (non-hydrogen) atoms. The highest BCUT2D eigenvalue weighted by Gasteiger charge is 2.56. The summed E-state index contributed by atoms with van der Waals surface area (Å²) >= 11 is 0. The molecule has 2 N–H and O–H groups in total. The van der Waals surface area contributed by atoms with Crippen molar-refractivity contribution in [2.75, 3.05) is 0 Å². The Hall–Kier alpha value is -0.850. The third kappa shape index (κ3) is 1.41. The molecule has 0 spiro atoms. The smallest absolute Gasteiger partial charge is 0.407 e. The van der Waals surface area contributed by atoms with Gasteiger partial charge in [-0.2, -0.15) is 0 Å². The third-order valence-electron chi connectivity index (χ3n) is 3.33. The normalized spacial score (nSPS) is 49.2. The highest BCUT2D eigenvalue weighted by molar-refractivity contribution is 5.70. The van der Waals surface area contributed by atoms with Gasteiger partial charge in [-0.1, -0.05) is 0 Å². The quantitative estimate of drug-likeness (QED) is 0.599. The molecule has 90 valence electrons. The molecule has 3 rings (SSSR count). The Kier molecular flexibility index (Phi) is 1.99. The molecule has 0 bridgehead atoms. The minimum Gasteiger partial charge on any atom is -0.444 e. The standard InChI is InChI=1S/C10H15NO5/c1-10(2)15-5-3-4-6(11-9(13)14-4)7(12)8(5)16-10/h4-8,12H,3H2,1-2H3,(H,11,13)/t4-,5-,6-,7-,8-/m0/s1. The number of hydrogen-bond acceptors (Lipinski definition) is 5. The fourth-order valence-corrected chi connectivity index (χ4v) is 2.74. The number of fused-ring (bicyclic) bond motifs is 2. The van der Waals surface area contributed by atoms with Gasteiger partial charge in [0, 0.05) is 6.42 Å². The molecule has 1 saturated carbocycles. The predicted octanol–water partition coefficient (Wildman–Crippen LogP) is -0.252. The molecule has 2 aliphatic heterocycles. The van der Waals surface area contributed by atoms with E-state index in [-0.39, 0.29) is 18.2 Å². The van der Waals surface area contributed by atoms with Gasteiger partial charge in [-0.15, -0.1) is 0 Å². The highest BCUT2D eigenvalue weighted by Crippen LogP contribution is 2.39. The van der Waals surface area contributed by atoms with Crippen molar-refractivity contribution in [2.45, 2.75) is 56.5 Å². The summed E-state index contributed by atoms with van der Waals surface area (Å²) in [5, 5.41) is 12.7. The number of carbonyl (C=O) groups excluding carboxylic acids is 1. The largest absolute Gasteiger partial charge is 0.444 e. The van der Waals surface area contributed by atoms with Gasteiger partial charge in [0.15, 0.2) is 5.79 Å². The fourth-order valence-electron chi connectivity index (χ4n) is 2.74. The number of carbonyl (C=O) groups is 1. The zero-order valence-corrected chi connectivity index (χ0v) is 9.17. The molecule has 0 aromatic rings. The van der Waals surface area contributed by atoms with E-state index < -0.39 is 24.1 Å². The van der Waals surface area contributed by atoms with Crippen LogP contribution in [0.1, 0.15) is 20.3 Å². The number of alkyl carbamates (subject to hydrolysis) is 1. The summed E-state index contributed by atoms with van der Waals surface area (Å²) in [6.07, 6.45) is -1.61. The summed E-state index contributed by atoms with van der Waals surface area (Å²) in [6, 6.07) is -0.383. The molecule has 2 saturated heterocycles. The number of aliphatic hydroxyl groups excluding tert-OH is 1. The van der Waals surface area contributed by atoms with Crippen LogP contribution in [0.3, 0.4) is 0 Å². The van der Waals surface area contributed by atoms with Gasteiger partial charge in [0.2, 0.25) is 0 Å². The second kappa shape index (κ2) is 3.09. The summed E-state index contributed by atoms with van der Waals surface area (Å²) in [4.78, 5) is 11.1. The lowest BCUT2D eigenvalue weighted by atomic mass is 9.86. The molecule has 1 amide bonds. The molecule has 1 aliphatic carbocycles. The van der Waals surface area contributed by atoms with Crippen molar-refractivity contribution in [3.8, 4) is 0 Å². The Labute approximate surface area is 92.9 Å². The molecule has 5 atom stereocenters. The minimum atomic E-state index is -0.781. The van der Waals surface area contributed by atoms with Crippen LogP contribution in [0.5, 0.6) is 0 Å². The summed E-state index contributed by atoms with van der Waals surface area (Å²) in [5.74, 6) is -0.682. The average Bonchev–Trinajstić information content (AvgIpc) is 2.65. The number of rotatable bonds is 0. The molecule has 0 radical (unpaired) electrons.